The Balaban J connectivity index is 1.80. The maximum Gasteiger partial charge on any atom is 0.221 e. The molecule has 0 bridgehead atoms. The molecule has 1 unspecified atom stereocenters. The molecule has 0 saturated carbocycles. The molecule has 1 amide bonds. The molecule has 1 aliphatic rings. The smallest absolute Gasteiger partial charge is 0.221 e. The number of piperidine rings is 1. The molecule has 18 heavy (non-hydrogen) atoms. The minimum absolute atomic E-state index is 0.0380. The summed E-state index contributed by atoms with van der Waals surface area (Å²) in [5, 5.41) is 9.62. The van der Waals surface area contributed by atoms with E-state index < -0.39 is 0 Å². The third-order valence-electron chi connectivity index (χ3n) is 3.20. The van der Waals surface area contributed by atoms with Crippen LogP contribution >= 0.6 is 0 Å². The molecule has 4 nitrogen and oxygen atoms in total. The lowest BCUT2D eigenvalue weighted by Gasteiger charge is -2.23. The van der Waals surface area contributed by atoms with Crippen molar-refractivity contribution in [3.8, 4) is 0 Å². The van der Waals surface area contributed by atoms with Gasteiger partial charge in [0.2, 0.25) is 5.91 Å². The van der Waals surface area contributed by atoms with Crippen molar-refractivity contribution in [2.45, 2.75) is 19.8 Å². The standard InChI is InChI=1S/C14H21N3O/c1-11(18)17-14-6-4-13(5-7-14)16-10-12-3-2-8-15-9-12/h4-7,12,15-16H,2-3,8-10H2,1H3,(H,17,18). The number of benzene rings is 1. The van der Waals surface area contributed by atoms with E-state index >= 15 is 0 Å². The summed E-state index contributed by atoms with van der Waals surface area (Å²) >= 11 is 0. The Morgan fingerprint density at radius 2 is 2.06 bits per heavy atom. The molecule has 1 atom stereocenters. The normalized spacial score (nSPS) is 19.3. The van der Waals surface area contributed by atoms with Gasteiger partial charge in [0.1, 0.15) is 0 Å². The third kappa shape index (κ3) is 4.04. The van der Waals surface area contributed by atoms with Gasteiger partial charge in [-0.05, 0) is 56.1 Å². The number of anilines is 2. The predicted molar refractivity (Wildman–Crippen MR) is 74.8 cm³/mol. The van der Waals surface area contributed by atoms with Gasteiger partial charge in [-0.2, -0.15) is 0 Å². The van der Waals surface area contributed by atoms with Crippen LogP contribution in [0, 0.1) is 5.92 Å². The highest BCUT2D eigenvalue weighted by molar-refractivity contribution is 5.88. The number of hydrogen-bond donors (Lipinski definition) is 3. The van der Waals surface area contributed by atoms with Crippen LogP contribution in [0.15, 0.2) is 24.3 Å². The molecule has 0 aliphatic carbocycles. The Kier molecular flexibility index (Phi) is 4.59. The van der Waals surface area contributed by atoms with E-state index in [-0.39, 0.29) is 5.91 Å². The van der Waals surface area contributed by atoms with Crippen LogP contribution in [0.3, 0.4) is 0 Å². The second kappa shape index (κ2) is 6.40. The fraction of sp³-hybridized carbons (Fsp3) is 0.500. The first-order valence-corrected chi connectivity index (χ1v) is 6.56. The zero-order chi connectivity index (χ0) is 12.8. The molecule has 1 fully saturated rings. The largest absolute Gasteiger partial charge is 0.385 e. The van der Waals surface area contributed by atoms with Crippen molar-refractivity contribution in [2.24, 2.45) is 5.92 Å². The van der Waals surface area contributed by atoms with E-state index in [2.05, 4.69) is 16.0 Å². The van der Waals surface area contributed by atoms with Crippen molar-refractivity contribution in [3.63, 3.8) is 0 Å². The zero-order valence-electron chi connectivity index (χ0n) is 10.8. The van der Waals surface area contributed by atoms with Gasteiger partial charge < -0.3 is 16.0 Å². The summed E-state index contributed by atoms with van der Waals surface area (Å²) in [6.07, 6.45) is 2.57. The van der Waals surface area contributed by atoms with E-state index in [4.69, 9.17) is 0 Å². The summed E-state index contributed by atoms with van der Waals surface area (Å²) in [7, 11) is 0. The lowest BCUT2D eigenvalue weighted by Crippen LogP contribution is -2.33. The number of hydrogen-bond acceptors (Lipinski definition) is 3. The summed E-state index contributed by atoms with van der Waals surface area (Å²) in [4.78, 5) is 10.9. The minimum Gasteiger partial charge on any atom is -0.385 e. The molecule has 1 heterocycles. The Bertz CT molecular complexity index is 383. The van der Waals surface area contributed by atoms with Gasteiger partial charge in [0, 0.05) is 24.8 Å². The van der Waals surface area contributed by atoms with E-state index in [0.717, 1.165) is 31.0 Å². The van der Waals surface area contributed by atoms with Gasteiger partial charge in [-0.15, -0.1) is 0 Å². The van der Waals surface area contributed by atoms with Crippen LogP contribution in [0.25, 0.3) is 0 Å². The molecule has 0 aromatic heterocycles. The summed E-state index contributed by atoms with van der Waals surface area (Å²) in [6.45, 7) is 4.79. The number of carbonyl (C=O) groups excluding carboxylic acids is 1. The van der Waals surface area contributed by atoms with Crippen LogP contribution in [-0.2, 0) is 4.79 Å². The van der Waals surface area contributed by atoms with Gasteiger partial charge in [-0.25, -0.2) is 0 Å². The van der Waals surface area contributed by atoms with Gasteiger partial charge in [-0.1, -0.05) is 0 Å². The van der Waals surface area contributed by atoms with Gasteiger partial charge >= 0.3 is 0 Å². The molecular weight excluding hydrogens is 226 g/mol. The van der Waals surface area contributed by atoms with E-state index in [9.17, 15) is 4.79 Å². The van der Waals surface area contributed by atoms with Crippen molar-refractivity contribution in [2.75, 3.05) is 30.3 Å². The highest BCUT2D eigenvalue weighted by Crippen LogP contribution is 2.15. The maximum atomic E-state index is 10.9. The molecule has 4 heteroatoms. The first kappa shape index (κ1) is 12.9. The van der Waals surface area contributed by atoms with Crippen LogP contribution < -0.4 is 16.0 Å². The average molecular weight is 247 g/mol. The quantitative estimate of drug-likeness (QED) is 0.763. The third-order valence-corrected chi connectivity index (χ3v) is 3.20. The maximum absolute atomic E-state index is 10.9. The predicted octanol–water partition coefficient (Wildman–Crippen LogP) is 2.06. The lowest BCUT2D eigenvalue weighted by atomic mass is 10.00. The van der Waals surface area contributed by atoms with Gasteiger partial charge in [-0.3, -0.25) is 4.79 Å². The molecule has 1 saturated heterocycles. The minimum atomic E-state index is -0.0380. The van der Waals surface area contributed by atoms with Gasteiger partial charge in [0.15, 0.2) is 0 Å². The molecule has 0 spiro atoms. The molecule has 1 aromatic carbocycles. The summed E-state index contributed by atoms with van der Waals surface area (Å²) in [5.41, 5.74) is 1.95. The van der Waals surface area contributed by atoms with Crippen LogP contribution in [0.1, 0.15) is 19.8 Å². The fourth-order valence-electron chi connectivity index (χ4n) is 2.24. The van der Waals surface area contributed by atoms with Crippen molar-refractivity contribution in [1.29, 1.82) is 0 Å². The zero-order valence-corrected chi connectivity index (χ0v) is 10.8. The fourth-order valence-corrected chi connectivity index (χ4v) is 2.24. The van der Waals surface area contributed by atoms with Crippen LogP contribution in [0.4, 0.5) is 11.4 Å². The highest BCUT2D eigenvalue weighted by Gasteiger charge is 2.12. The van der Waals surface area contributed by atoms with E-state index in [1.165, 1.54) is 19.8 Å². The molecule has 0 radical (unpaired) electrons. The summed E-state index contributed by atoms with van der Waals surface area (Å²) in [5.74, 6) is 0.678. The highest BCUT2D eigenvalue weighted by atomic mass is 16.1. The van der Waals surface area contributed by atoms with E-state index in [0.29, 0.717) is 5.92 Å². The molecule has 3 N–H and O–H groups in total. The van der Waals surface area contributed by atoms with Crippen molar-refractivity contribution in [1.82, 2.24) is 5.32 Å². The summed E-state index contributed by atoms with van der Waals surface area (Å²) < 4.78 is 0. The lowest BCUT2D eigenvalue weighted by molar-refractivity contribution is -0.114. The van der Waals surface area contributed by atoms with Crippen molar-refractivity contribution >= 4 is 17.3 Å². The molecule has 1 aliphatic heterocycles. The van der Waals surface area contributed by atoms with Crippen molar-refractivity contribution < 1.29 is 4.79 Å². The Labute approximate surface area is 108 Å². The number of carbonyl (C=O) groups is 1. The average Bonchev–Trinajstić information content (AvgIpc) is 2.38. The monoisotopic (exact) mass is 247 g/mol. The Morgan fingerprint density at radius 1 is 1.33 bits per heavy atom. The van der Waals surface area contributed by atoms with Gasteiger partial charge in [0.05, 0.1) is 0 Å². The van der Waals surface area contributed by atoms with Crippen LogP contribution in [-0.4, -0.2) is 25.5 Å². The SMILES string of the molecule is CC(=O)Nc1ccc(NCC2CCCNC2)cc1. The molecule has 2 rings (SSSR count). The van der Waals surface area contributed by atoms with Crippen LogP contribution in [0.5, 0.6) is 0 Å². The molecule has 1 aromatic rings. The van der Waals surface area contributed by atoms with E-state index in [1.54, 1.807) is 0 Å². The number of nitrogens with one attached hydrogen (secondary N) is 3. The molecule has 98 valence electrons. The first-order chi connectivity index (χ1) is 8.74. The second-order valence-electron chi connectivity index (χ2n) is 4.85. The van der Waals surface area contributed by atoms with E-state index in [1.807, 2.05) is 24.3 Å². The molecular formula is C14H21N3O. The Hall–Kier alpha value is -1.55. The number of amides is 1. The van der Waals surface area contributed by atoms with Crippen molar-refractivity contribution in [3.05, 3.63) is 24.3 Å². The second-order valence-corrected chi connectivity index (χ2v) is 4.85. The van der Waals surface area contributed by atoms with Gasteiger partial charge in [0.25, 0.3) is 0 Å². The Morgan fingerprint density at radius 3 is 2.67 bits per heavy atom. The number of rotatable bonds is 4. The van der Waals surface area contributed by atoms with Crippen LogP contribution in [0.2, 0.25) is 0 Å². The first-order valence-electron chi connectivity index (χ1n) is 6.56. The topological polar surface area (TPSA) is 53.2 Å². The summed E-state index contributed by atoms with van der Waals surface area (Å²) in [6, 6.07) is 7.84.